The van der Waals surface area contributed by atoms with Crippen LogP contribution in [0, 0.1) is 11.8 Å². The molecule has 0 radical (unpaired) electrons. The highest BCUT2D eigenvalue weighted by atomic mass is 16.5. The molecule has 0 aliphatic heterocycles. The van der Waals surface area contributed by atoms with E-state index in [4.69, 9.17) is 4.74 Å². The summed E-state index contributed by atoms with van der Waals surface area (Å²) in [5, 5.41) is 0. The van der Waals surface area contributed by atoms with Crippen LogP contribution in [0.15, 0.2) is 79.1 Å². The number of para-hydroxylation sites is 1. The molecule has 0 unspecified atom stereocenters. The maximum absolute atomic E-state index is 12.1. The van der Waals surface area contributed by atoms with Gasteiger partial charge in [-0.1, -0.05) is 48.2 Å². The Kier molecular flexibility index (Phi) is 4.47. The van der Waals surface area contributed by atoms with Gasteiger partial charge >= 0.3 is 5.97 Å². The smallest absolute Gasteiger partial charge is 0.345 e. The second kappa shape index (κ2) is 7.06. The Labute approximate surface area is 134 Å². The molecule has 2 aromatic carbocycles. The number of esters is 1. The molecule has 0 aliphatic rings. The summed E-state index contributed by atoms with van der Waals surface area (Å²) >= 11 is 0. The van der Waals surface area contributed by atoms with E-state index in [9.17, 15) is 4.79 Å². The third-order valence-electron chi connectivity index (χ3n) is 3.05. The van der Waals surface area contributed by atoms with E-state index in [0.717, 1.165) is 5.56 Å². The molecule has 0 bridgehead atoms. The number of hydrogen-bond acceptors (Lipinski definition) is 3. The zero-order valence-corrected chi connectivity index (χ0v) is 12.3. The van der Waals surface area contributed by atoms with Crippen LogP contribution in [0.25, 0.3) is 0 Å². The number of pyridine rings is 1. The van der Waals surface area contributed by atoms with Gasteiger partial charge in [0, 0.05) is 23.5 Å². The maximum atomic E-state index is 12.1. The molecule has 0 saturated heterocycles. The molecule has 0 N–H and O–H groups in total. The molecule has 3 aromatic rings. The molecule has 0 fully saturated rings. The van der Waals surface area contributed by atoms with Crippen molar-refractivity contribution in [3.8, 4) is 17.6 Å². The standard InChI is InChI=1S/C20H13NO2/c22-20(23-19-9-5-2-6-10-19)18-13-17(14-21-15-18)12-11-16-7-3-1-4-8-16/h1-10,13-15H. The quantitative estimate of drug-likeness (QED) is 0.411. The number of aromatic nitrogens is 1. The second-order valence-electron chi connectivity index (χ2n) is 4.78. The Balaban J connectivity index is 1.77. The highest BCUT2D eigenvalue weighted by Crippen LogP contribution is 2.12. The van der Waals surface area contributed by atoms with Crippen molar-refractivity contribution in [2.45, 2.75) is 0 Å². The molecule has 0 atom stereocenters. The molecular formula is C20H13NO2. The van der Waals surface area contributed by atoms with E-state index in [0.29, 0.717) is 16.9 Å². The van der Waals surface area contributed by atoms with Crippen LogP contribution in [-0.4, -0.2) is 11.0 Å². The van der Waals surface area contributed by atoms with Crippen molar-refractivity contribution in [2.24, 2.45) is 0 Å². The van der Waals surface area contributed by atoms with E-state index in [-0.39, 0.29) is 0 Å². The second-order valence-corrected chi connectivity index (χ2v) is 4.78. The van der Waals surface area contributed by atoms with Gasteiger partial charge in [-0.2, -0.15) is 0 Å². The number of hydrogen-bond donors (Lipinski definition) is 0. The predicted octanol–water partition coefficient (Wildman–Crippen LogP) is 3.70. The van der Waals surface area contributed by atoms with Crippen LogP contribution < -0.4 is 4.74 Å². The summed E-state index contributed by atoms with van der Waals surface area (Å²) < 4.78 is 5.29. The van der Waals surface area contributed by atoms with Gasteiger partial charge in [-0.25, -0.2) is 4.79 Å². The number of benzene rings is 2. The molecule has 1 aromatic heterocycles. The van der Waals surface area contributed by atoms with Gasteiger partial charge in [-0.05, 0) is 30.3 Å². The van der Waals surface area contributed by atoms with Crippen molar-refractivity contribution >= 4 is 5.97 Å². The van der Waals surface area contributed by atoms with E-state index in [1.807, 2.05) is 48.5 Å². The Morgan fingerprint density at radius 1 is 0.826 bits per heavy atom. The lowest BCUT2D eigenvalue weighted by Crippen LogP contribution is -2.09. The molecule has 23 heavy (non-hydrogen) atoms. The van der Waals surface area contributed by atoms with E-state index in [1.165, 1.54) is 6.20 Å². The Hall–Kier alpha value is -3.38. The minimum Gasteiger partial charge on any atom is -0.423 e. The molecular weight excluding hydrogens is 286 g/mol. The summed E-state index contributed by atoms with van der Waals surface area (Å²) in [6, 6.07) is 20.2. The molecule has 0 spiro atoms. The van der Waals surface area contributed by atoms with Crippen molar-refractivity contribution < 1.29 is 9.53 Å². The van der Waals surface area contributed by atoms with Crippen molar-refractivity contribution in [3.63, 3.8) is 0 Å². The van der Waals surface area contributed by atoms with Crippen molar-refractivity contribution in [2.75, 3.05) is 0 Å². The fourth-order valence-electron chi connectivity index (χ4n) is 1.94. The van der Waals surface area contributed by atoms with E-state index in [1.54, 1.807) is 24.4 Å². The number of carbonyl (C=O) groups is 1. The van der Waals surface area contributed by atoms with Crippen LogP contribution in [0.1, 0.15) is 21.5 Å². The molecule has 0 aliphatic carbocycles. The zero-order chi connectivity index (χ0) is 15.9. The lowest BCUT2D eigenvalue weighted by atomic mass is 10.2. The Bertz CT molecular complexity index is 862. The first-order valence-corrected chi connectivity index (χ1v) is 7.10. The summed E-state index contributed by atoms with van der Waals surface area (Å²) in [5.74, 6) is 6.08. The Morgan fingerprint density at radius 3 is 2.22 bits per heavy atom. The third-order valence-corrected chi connectivity index (χ3v) is 3.05. The van der Waals surface area contributed by atoms with Crippen molar-refractivity contribution in [1.82, 2.24) is 4.98 Å². The lowest BCUT2D eigenvalue weighted by Gasteiger charge is -2.03. The minimum atomic E-state index is -0.452. The number of nitrogens with zero attached hydrogens (tertiary/aromatic N) is 1. The van der Waals surface area contributed by atoms with Crippen LogP contribution >= 0.6 is 0 Å². The molecule has 0 saturated carbocycles. The zero-order valence-electron chi connectivity index (χ0n) is 12.3. The highest BCUT2D eigenvalue weighted by Gasteiger charge is 2.09. The summed E-state index contributed by atoms with van der Waals surface area (Å²) in [7, 11) is 0. The SMILES string of the molecule is O=C(Oc1ccccc1)c1cncc(C#Cc2ccccc2)c1. The fourth-order valence-corrected chi connectivity index (χ4v) is 1.94. The minimum absolute atomic E-state index is 0.369. The Morgan fingerprint density at radius 2 is 1.48 bits per heavy atom. The van der Waals surface area contributed by atoms with Crippen molar-refractivity contribution in [1.29, 1.82) is 0 Å². The first-order chi connectivity index (χ1) is 11.3. The van der Waals surface area contributed by atoms with Crippen molar-refractivity contribution in [3.05, 3.63) is 95.8 Å². The summed E-state index contributed by atoms with van der Waals surface area (Å²) in [5.41, 5.74) is 1.94. The van der Waals surface area contributed by atoms with Crippen LogP contribution in [0.2, 0.25) is 0 Å². The topological polar surface area (TPSA) is 39.2 Å². The fraction of sp³-hybridized carbons (Fsp3) is 0. The lowest BCUT2D eigenvalue weighted by molar-refractivity contribution is 0.0734. The maximum Gasteiger partial charge on any atom is 0.345 e. The van der Waals surface area contributed by atoms with Gasteiger partial charge < -0.3 is 4.74 Å². The van der Waals surface area contributed by atoms with Gasteiger partial charge in [0.1, 0.15) is 5.75 Å². The number of carbonyl (C=O) groups excluding carboxylic acids is 1. The van der Waals surface area contributed by atoms with E-state index >= 15 is 0 Å². The normalized spacial score (nSPS) is 9.57. The largest absolute Gasteiger partial charge is 0.423 e. The van der Waals surface area contributed by atoms with Crippen LogP contribution in [0.4, 0.5) is 0 Å². The average Bonchev–Trinajstić information content (AvgIpc) is 2.62. The van der Waals surface area contributed by atoms with Crippen LogP contribution in [-0.2, 0) is 0 Å². The van der Waals surface area contributed by atoms with Crippen LogP contribution in [0.5, 0.6) is 5.75 Å². The molecule has 3 rings (SSSR count). The van der Waals surface area contributed by atoms with Gasteiger partial charge in [0.25, 0.3) is 0 Å². The molecule has 110 valence electrons. The first kappa shape index (κ1) is 14.6. The summed E-state index contributed by atoms with van der Waals surface area (Å²) in [6.07, 6.45) is 3.09. The van der Waals surface area contributed by atoms with E-state index < -0.39 is 5.97 Å². The molecule has 0 amide bonds. The molecule has 1 heterocycles. The predicted molar refractivity (Wildman–Crippen MR) is 88.1 cm³/mol. The monoisotopic (exact) mass is 299 g/mol. The molecule has 3 heteroatoms. The first-order valence-electron chi connectivity index (χ1n) is 7.10. The number of ether oxygens (including phenoxy) is 1. The average molecular weight is 299 g/mol. The van der Waals surface area contributed by atoms with Gasteiger partial charge in [0.15, 0.2) is 0 Å². The van der Waals surface area contributed by atoms with Crippen LogP contribution in [0.3, 0.4) is 0 Å². The van der Waals surface area contributed by atoms with Gasteiger partial charge in [0.2, 0.25) is 0 Å². The van der Waals surface area contributed by atoms with Gasteiger partial charge in [-0.15, -0.1) is 0 Å². The summed E-state index contributed by atoms with van der Waals surface area (Å²) in [4.78, 5) is 16.2. The summed E-state index contributed by atoms with van der Waals surface area (Å²) in [6.45, 7) is 0. The highest BCUT2D eigenvalue weighted by molar-refractivity contribution is 5.91. The van der Waals surface area contributed by atoms with E-state index in [2.05, 4.69) is 16.8 Å². The number of rotatable bonds is 2. The van der Waals surface area contributed by atoms with Gasteiger partial charge in [0.05, 0.1) is 5.56 Å². The molecule has 3 nitrogen and oxygen atoms in total. The van der Waals surface area contributed by atoms with Gasteiger partial charge in [-0.3, -0.25) is 4.98 Å². The third kappa shape index (κ3) is 4.05.